The molecule has 0 aliphatic carbocycles. The van der Waals surface area contributed by atoms with E-state index < -0.39 is 0 Å². The smallest absolute Gasteiger partial charge is 0 e. The van der Waals surface area contributed by atoms with Crippen LogP contribution < -0.4 is 0 Å². The molecular weight excluding hydrogens is 48.0 g/mol. The Hall–Kier alpha value is 0. The Morgan fingerprint density at radius 2 is 1.00 bits per heavy atom. The van der Waals surface area contributed by atoms with E-state index in [4.69, 9.17) is 2.97 Å². The van der Waals surface area contributed by atoms with E-state index in [1.54, 1.807) is 0 Å². The van der Waals surface area contributed by atoms with Gasteiger partial charge in [0, 0.05) is 4.40 Å². The molecule has 0 radical (unpaired) electrons. The average Bonchev–Trinajstić information content (AvgIpc) is 1.81. The Balaban J connectivity index is -0.00000000900. The lowest BCUT2D eigenvalue weighted by Gasteiger charge is -1.07. The van der Waals surface area contributed by atoms with Gasteiger partial charge < -0.3 is 0 Å². The van der Waals surface area contributed by atoms with Crippen molar-refractivity contribution in [3.8, 4) is 0 Å². The largest absolute Gasteiger partial charge is 0.0683 e. The molecule has 0 aromatic heterocycles. The van der Waals surface area contributed by atoms with Gasteiger partial charge in [0.2, 0.25) is 0 Å². The molecule has 0 unspecified atom stereocenters. The summed E-state index contributed by atoms with van der Waals surface area (Å²) in [5, 5.41) is 0. The number of hydrogen-bond acceptors (Lipinski definition) is 0. The quantitative estimate of drug-likeness (QED) is 0.408. The highest BCUT2D eigenvalue weighted by Gasteiger charge is 0.934. The Bertz CT molecular complexity index is 6.90. The number of rotatable bonds is 0. The van der Waals surface area contributed by atoms with E-state index in [1.807, 2.05) is 27.7 Å². The van der Waals surface area contributed by atoms with Crippen LogP contribution in [0.15, 0.2) is 0 Å². The molecule has 0 heteroatoms. The van der Waals surface area contributed by atoms with E-state index >= 15 is 0 Å². The molecule has 0 aliphatic rings. The minimum Gasteiger partial charge on any atom is -0.0683 e. The van der Waals surface area contributed by atoms with Crippen LogP contribution in [0.25, 0.3) is 0 Å². The third-order valence-corrected chi connectivity index (χ3v) is 0. The Morgan fingerprint density at radius 1 is 1.00 bits per heavy atom. The van der Waals surface area contributed by atoms with Crippen LogP contribution in [0.4, 0.5) is 0 Å². The second-order valence-electron chi connectivity index (χ2n) is 0. The zero-order chi connectivity index (χ0) is 6.00. The maximum Gasteiger partial charge on any atom is 0 e. The van der Waals surface area contributed by atoms with E-state index in [0.717, 1.165) is 0 Å². The Morgan fingerprint density at radius 3 is 1.00 bits per heavy atom. The zero-order valence-corrected chi connectivity index (χ0v) is 4.00. The van der Waals surface area contributed by atoms with E-state index in [1.165, 1.54) is 0 Å². The molecule has 0 aromatic carbocycles. The molecule has 0 saturated carbocycles. The summed E-state index contributed by atoms with van der Waals surface area (Å²) in [6, 6.07) is 0. The summed E-state index contributed by atoms with van der Waals surface area (Å²) in [5.74, 6) is 0. The van der Waals surface area contributed by atoms with Gasteiger partial charge in [-0.1, -0.05) is 27.7 Å². The predicted octanol–water partition coefficient (Wildman–Crippen LogP) is 2.54. The van der Waals surface area contributed by atoms with Crippen molar-refractivity contribution in [3.05, 3.63) is 0 Å². The molecule has 0 rings (SSSR count). The zero-order valence-electron chi connectivity index (χ0n) is 6.00. The standard InChI is InChI=1S/2C2H6.2H2/c2*1-2;;/h2*1-2H3;2*1H/i;;1+1D;1+1. The summed E-state index contributed by atoms with van der Waals surface area (Å²) in [4.78, 5) is 0. The molecule has 32 valence electrons. The molecule has 0 fully saturated rings. The monoisotopic (exact) mass is 67.1 g/mol. The molecule has 0 atom stereocenters. The summed E-state index contributed by atoms with van der Waals surface area (Å²) in [6.07, 6.45) is 0. The van der Waals surface area contributed by atoms with E-state index in [0.29, 0.717) is 0 Å². The van der Waals surface area contributed by atoms with Gasteiger partial charge in [-0.15, -0.1) is 0 Å². The molecule has 0 aromatic rings. The highest BCUT2D eigenvalue weighted by atomic mass is 13.0. The molecule has 0 aliphatic heterocycles. The van der Waals surface area contributed by atoms with Gasteiger partial charge in [0.1, 0.15) is 0 Å². The third kappa shape index (κ3) is 0. The summed E-state index contributed by atoms with van der Waals surface area (Å²) < 4.78 is 10.0. The van der Waals surface area contributed by atoms with Crippen LogP contribution in [-0.2, 0) is 0 Å². The van der Waals surface area contributed by atoms with Gasteiger partial charge >= 0.3 is 0 Å². The summed E-state index contributed by atoms with van der Waals surface area (Å²) >= 11 is 0. The lowest BCUT2D eigenvalue weighted by molar-refractivity contribution is 1.50. The van der Waals surface area contributed by atoms with E-state index in [9.17, 15) is 0 Å². The topological polar surface area (TPSA) is 0 Å². The second kappa shape index (κ2) is 0. The van der Waals surface area contributed by atoms with E-state index in [-0.39, 0.29) is 1.43 Å². The van der Waals surface area contributed by atoms with Crippen LogP contribution >= 0.6 is 0 Å². The van der Waals surface area contributed by atoms with E-state index in [2.05, 4.69) is 0 Å². The minimum absolute atomic E-state index is 0. The molecule has 0 bridgehead atoms. The van der Waals surface area contributed by atoms with Gasteiger partial charge in [-0.3, -0.25) is 0 Å². The molecular formula is C4H16. The maximum atomic E-state index is 5.00. The minimum atomic E-state index is 0. The first-order valence-electron chi connectivity index (χ1n) is 3.00. The normalized spacial score (nSPS) is 5.00. The second-order valence-corrected chi connectivity index (χ2v) is 0. The van der Waals surface area contributed by atoms with Gasteiger partial charge in [-0.25, -0.2) is 0 Å². The van der Waals surface area contributed by atoms with Crippen molar-refractivity contribution in [2.75, 3.05) is 0 Å². The van der Waals surface area contributed by atoms with Crippen LogP contribution in [0.5, 0.6) is 0 Å². The van der Waals surface area contributed by atoms with Crippen molar-refractivity contribution >= 4 is 0 Å². The van der Waals surface area contributed by atoms with Crippen molar-refractivity contribution in [2.24, 2.45) is 0 Å². The first-order chi connectivity index (χ1) is 3.00. The average molecular weight is 67.2 g/mol. The summed E-state index contributed by atoms with van der Waals surface area (Å²) in [6.45, 7) is 8.00. The van der Waals surface area contributed by atoms with Gasteiger partial charge in [-0.05, 0) is 0 Å². The maximum absolute atomic E-state index is 5.00. The van der Waals surface area contributed by atoms with Crippen molar-refractivity contribution in [1.82, 2.24) is 0 Å². The summed E-state index contributed by atoms with van der Waals surface area (Å²) in [7, 11) is 0. The number of hydrogen-bond donors (Lipinski definition) is 0. The Labute approximate surface area is 33.4 Å². The molecule has 0 amide bonds. The first kappa shape index (κ1) is 4.00. The van der Waals surface area contributed by atoms with Crippen LogP contribution in [-0.4, -0.2) is 0 Å². The van der Waals surface area contributed by atoms with Crippen molar-refractivity contribution in [3.63, 3.8) is 0 Å². The molecule has 0 spiro atoms. The van der Waals surface area contributed by atoms with Crippen LogP contribution in [0.2, 0.25) is 0 Å². The molecule has 0 nitrogen and oxygen atoms in total. The predicted molar refractivity (Wildman–Crippen MR) is 26.9 cm³/mol. The fourth-order valence-electron chi connectivity index (χ4n) is 0. The van der Waals surface area contributed by atoms with Crippen LogP contribution in [0, 0.1) is 0 Å². The first-order valence-corrected chi connectivity index (χ1v) is 2.00. The van der Waals surface area contributed by atoms with Crippen molar-refractivity contribution in [1.29, 1.82) is 0 Å². The van der Waals surface area contributed by atoms with Gasteiger partial charge in [0.15, 0.2) is 0 Å². The molecule has 0 N–H and O–H groups in total. The van der Waals surface area contributed by atoms with Gasteiger partial charge in [-0.2, -0.15) is 0 Å². The molecule has 0 heterocycles. The fraction of sp³-hybridized carbons (Fsp3) is 1.00. The Kier molecular flexibility index (Phi) is 0. The molecule has 0 saturated heterocycles. The lowest BCUT2D eigenvalue weighted by Crippen LogP contribution is -0.856. The highest BCUT2D eigenvalue weighted by Crippen LogP contribution is 1.15. The van der Waals surface area contributed by atoms with Crippen LogP contribution in [0.3, 0.4) is 0 Å². The lowest BCUT2D eigenvalue weighted by atomic mass is 11.0. The summed E-state index contributed by atoms with van der Waals surface area (Å²) in [5.41, 5.74) is 0. The third-order valence-electron chi connectivity index (χ3n) is 0. The fourth-order valence-corrected chi connectivity index (χ4v) is 0. The van der Waals surface area contributed by atoms with Gasteiger partial charge in [0.05, 0.1) is 0 Å². The molecule has 4 heavy (non-hydrogen) atoms. The van der Waals surface area contributed by atoms with Crippen molar-refractivity contribution in [2.45, 2.75) is 27.7 Å². The highest BCUT2D eigenvalue weighted by molar-refractivity contribution is 3.51. The van der Waals surface area contributed by atoms with Crippen LogP contribution in [0.1, 0.15) is 32.1 Å². The van der Waals surface area contributed by atoms with Gasteiger partial charge in [0.25, 0.3) is 0 Å². The SMILES string of the molecule is CC.CC.[2HH].[2H][2H]. The van der Waals surface area contributed by atoms with Crippen molar-refractivity contribution < 1.29 is 4.40 Å².